The molecular formula is C20H24F5N5O2. The SMILES string of the molecule is Cc1nc(N(Cc2ccccn2)C2CCC(F)(F)CC2)nc(N)c1C.O=C(O)C(F)(F)F. The third-order valence-electron chi connectivity index (χ3n) is 5.10. The molecule has 0 amide bonds. The lowest BCUT2D eigenvalue weighted by Gasteiger charge is -2.37. The molecule has 0 unspecified atom stereocenters. The van der Waals surface area contributed by atoms with Crippen LogP contribution in [-0.4, -0.2) is 44.2 Å². The number of carboxylic acids is 1. The molecule has 0 spiro atoms. The fraction of sp³-hybridized carbons (Fsp3) is 0.500. The van der Waals surface area contributed by atoms with Crippen LogP contribution in [0.15, 0.2) is 24.4 Å². The van der Waals surface area contributed by atoms with Gasteiger partial charge in [-0.3, -0.25) is 4.98 Å². The number of aromatic nitrogens is 3. The van der Waals surface area contributed by atoms with E-state index in [1.165, 1.54) is 0 Å². The van der Waals surface area contributed by atoms with Crippen molar-refractivity contribution in [2.24, 2.45) is 0 Å². The Hall–Kier alpha value is -3.05. The van der Waals surface area contributed by atoms with Gasteiger partial charge in [-0.15, -0.1) is 0 Å². The smallest absolute Gasteiger partial charge is 0.475 e. The summed E-state index contributed by atoms with van der Waals surface area (Å²) in [4.78, 5) is 24.2. The Bertz CT molecular complexity index is 891. The zero-order valence-corrected chi connectivity index (χ0v) is 17.5. The number of nitrogens with zero attached hydrogens (tertiary/aromatic N) is 4. The molecule has 0 atom stereocenters. The maximum Gasteiger partial charge on any atom is 0.490 e. The number of nitrogen functional groups attached to an aromatic ring is 1. The molecule has 0 saturated heterocycles. The Morgan fingerprint density at radius 3 is 2.28 bits per heavy atom. The molecule has 7 nitrogen and oxygen atoms in total. The number of carboxylic acid groups (broad SMARTS) is 1. The van der Waals surface area contributed by atoms with Crippen LogP contribution in [0.3, 0.4) is 0 Å². The molecule has 3 N–H and O–H groups in total. The van der Waals surface area contributed by atoms with Crippen molar-refractivity contribution >= 4 is 17.7 Å². The quantitative estimate of drug-likeness (QED) is 0.655. The molecule has 3 rings (SSSR count). The van der Waals surface area contributed by atoms with Crippen molar-refractivity contribution in [3.63, 3.8) is 0 Å². The second kappa shape index (κ2) is 10.0. The highest BCUT2D eigenvalue weighted by Gasteiger charge is 2.38. The molecule has 2 heterocycles. The van der Waals surface area contributed by atoms with Crippen molar-refractivity contribution in [1.82, 2.24) is 15.0 Å². The fourth-order valence-electron chi connectivity index (χ4n) is 3.13. The minimum Gasteiger partial charge on any atom is -0.475 e. The van der Waals surface area contributed by atoms with Crippen molar-refractivity contribution in [2.75, 3.05) is 10.6 Å². The fourth-order valence-corrected chi connectivity index (χ4v) is 3.13. The van der Waals surface area contributed by atoms with Gasteiger partial charge in [-0.25, -0.2) is 18.6 Å². The number of aliphatic carboxylic acids is 1. The summed E-state index contributed by atoms with van der Waals surface area (Å²) < 4.78 is 58.9. The summed E-state index contributed by atoms with van der Waals surface area (Å²) in [6, 6.07) is 5.61. The first-order valence-corrected chi connectivity index (χ1v) is 9.75. The Labute approximate surface area is 181 Å². The summed E-state index contributed by atoms with van der Waals surface area (Å²) in [5, 5.41) is 7.12. The molecule has 32 heavy (non-hydrogen) atoms. The van der Waals surface area contributed by atoms with Gasteiger partial charge in [-0.2, -0.15) is 18.2 Å². The van der Waals surface area contributed by atoms with Gasteiger partial charge in [0, 0.05) is 36.3 Å². The van der Waals surface area contributed by atoms with Crippen molar-refractivity contribution in [3.8, 4) is 0 Å². The summed E-state index contributed by atoms with van der Waals surface area (Å²) in [5.41, 5.74) is 8.50. The van der Waals surface area contributed by atoms with Gasteiger partial charge in [0.1, 0.15) is 5.82 Å². The van der Waals surface area contributed by atoms with Gasteiger partial charge in [0.15, 0.2) is 0 Å². The van der Waals surface area contributed by atoms with Gasteiger partial charge in [-0.1, -0.05) is 6.07 Å². The molecule has 2 aromatic heterocycles. The molecular weight excluding hydrogens is 437 g/mol. The molecule has 2 aromatic rings. The van der Waals surface area contributed by atoms with Crippen LogP contribution in [0.4, 0.5) is 33.7 Å². The second-order valence-electron chi connectivity index (χ2n) is 7.46. The number of carbonyl (C=O) groups is 1. The number of alkyl halides is 5. The number of aryl methyl sites for hydroxylation is 1. The predicted octanol–water partition coefficient (Wildman–Crippen LogP) is 4.29. The summed E-state index contributed by atoms with van der Waals surface area (Å²) in [5.74, 6) is -4.42. The van der Waals surface area contributed by atoms with E-state index in [4.69, 9.17) is 15.6 Å². The van der Waals surface area contributed by atoms with Gasteiger partial charge in [0.05, 0.1) is 12.2 Å². The minimum atomic E-state index is -5.08. The van der Waals surface area contributed by atoms with Gasteiger partial charge >= 0.3 is 12.1 Å². The van der Waals surface area contributed by atoms with Crippen molar-refractivity contribution in [1.29, 1.82) is 0 Å². The monoisotopic (exact) mass is 461 g/mol. The topological polar surface area (TPSA) is 105 Å². The number of nitrogens with two attached hydrogens (primary N) is 1. The van der Waals surface area contributed by atoms with E-state index in [9.17, 15) is 22.0 Å². The molecule has 0 aromatic carbocycles. The van der Waals surface area contributed by atoms with E-state index in [0.29, 0.717) is 31.2 Å². The maximum absolute atomic E-state index is 13.6. The standard InChI is InChI=1S/C18H23F2N5.C2HF3O2/c1-12-13(2)23-17(24-16(12)21)25(11-14-5-3-4-10-22-14)15-6-8-18(19,20)9-7-15;3-2(4,5)1(6)7/h3-5,10,15H,6-9,11H2,1-2H3,(H2,21,23,24);(H,6,7). The third kappa shape index (κ3) is 6.99. The van der Waals surface area contributed by atoms with Crippen LogP contribution in [0.25, 0.3) is 0 Å². The zero-order valence-electron chi connectivity index (χ0n) is 17.5. The van der Waals surface area contributed by atoms with E-state index in [1.54, 1.807) is 6.20 Å². The van der Waals surface area contributed by atoms with E-state index in [0.717, 1.165) is 17.0 Å². The van der Waals surface area contributed by atoms with Crippen LogP contribution in [0, 0.1) is 13.8 Å². The average Bonchev–Trinajstić information content (AvgIpc) is 2.71. The third-order valence-corrected chi connectivity index (χ3v) is 5.10. The lowest BCUT2D eigenvalue weighted by molar-refractivity contribution is -0.192. The first kappa shape index (κ1) is 25.2. The summed E-state index contributed by atoms with van der Waals surface area (Å²) >= 11 is 0. The van der Waals surface area contributed by atoms with Gasteiger partial charge in [-0.05, 0) is 38.8 Å². The van der Waals surface area contributed by atoms with Crippen molar-refractivity contribution < 1.29 is 31.9 Å². The molecule has 176 valence electrons. The number of anilines is 2. The van der Waals surface area contributed by atoms with E-state index >= 15 is 0 Å². The van der Waals surface area contributed by atoms with E-state index in [2.05, 4.69) is 15.0 Å². The minimum absolute atomic E-state index is 0.0527. The van der Waals surface area contributed by atoms with E-state index in [-0.39, 0.29) is 18.9 Å². The number of hydrogen-bond acceptors (Lipinski definition) is 6. The Morgan fingerprint density at radius 1 is 1.22 bits per heavy atom. The highest BCUT2D eigenvalue weighted by molar-refractivity contribution is 5.73. The predicted molar refractivity (Wildman–Crippen MR) is 107 cm³/mol. The second-order valence-corrected chi connectivity index (χ2v) is 7.46. The number of halogens is 5. The number of rotatable bonds is 4. The molecule has 12 heteroatoms. The van der Waals surface area contributed by atoms with Crippen LogP contribution in [0.1, 0.15) is 42.6 Å². The van der Waals surface area contributed by atoms with Gasteiger partial charge < -0.3 is 15.7 Å². The molecule has 1 aliphatic carbocycles. The van der Waals surface area contributed by atoms with Gasteiger partial charge in [0.25, 0.3) is 0 Å². The molecule has 0 radical (unpaired) electrons. The number of pyridine rings is 1. The highest BCUT2D eigenvalue weighted by Crippen LogP contribution is 2.36. The maximum atomic E-state index is 13.6. The molecule has 0 aliphatic heterocycles. The summed E-state index contributed by atoms with van der Waals surface area (Å²) in [6.07, 6.45) is -2.79. The van der Waals surface area contributed by atoms with Crippen LogP contribution >= 0.6 is 0 Å². The molecule has 1 saturated carbocycles. The molecule has 1 fully saturated rings. The zero-order chi connectivity index (χ0) is 24.1. The van der Waals surface area contributed by atoms with Gasteiger partial charge in [0.2, 0.25) is 11.9 Å². The highest BCUT2D eigenvalue weighted by atomic mass is 19.4. The average molecular weight is 461 g/mol. The first-order chi connectivity index (χ1) is 14.8. The Kier molecular flexibility index (Phi) is 7.92. The lowest BCUT2D eigenvalue weighted by atomic mass is 9.91. The molecule has 1 aliphatic rings. The first-order valence-electron chi connectivity index (χ1n) is 9.75. The largest absolute Gasteiger partial charge is 0.490 e. The van der Waals surface area contributed by atoms with Crippen LogP contribution in [-0.2, 0) is 11.3 Å². The van der Waals surface area contributed by atoms with Crippen molar-refractivity contribution in [3.05, 3.63) is 41.3 Å². The summed E-state index contributed by atoms with van der Waals surface area (Å²) in [6.45, 7) is 4.22. The van der Waals surface area contributed by atoms with E-state index < -0.39 is 18.1 Å². The van der Waals surface area contributed by atoms with Crippen LogP contribution in [0.5, 0.6) is 0 Å². The normalized spacial score (nSPS) is 16.1. The Morgan fingerprint density at radius 2 is 1.81 bits per heavy atom. The number of hydrogen-bond donors (Lipinski definition) is 2. The Balaban J connectivity index is 0.000000451. The molecule has 0 bridgehead atoms. The van der Waals surface area contributed by atoms with Crippen LogP contribution in [0.2, 0.25) is 0 Å². The lowest BCUT2D eigenvalue weighted by Crippen LogP contribution is -2.41. The van der Waals surface area contributed by atoms with Crippen LogP contribution < -0.4 is 10.6 Å². The summed E-state index contributed by atoms with van der Waals surface area (Å²) in [7, 11) is 0. The van der Waals surface area contributed by atoms with E-state index in [1.807, 2.05) is 36.9 Å². The van der Waals surface area contributed by atoms with Crippen molar-refractivity contribution in [2.45, 2.75) is 64.2 Å².